The Hall–Kier alpha value is -1.65. The fourth-order valence-electron chi connectivity index (χ4n) is 1.70. The molecule has 94 valence electrons. The van der Waals surface area contributed by atoms with Gasteiger partial charge in [-0.15, -0.1) is 0 Å². The molecule has 0 aliphatic rings. The van der Waals surface area contributed by atoms with Crippen LogP contribution in [0.4, 0.5) is 11.5 Å². The van der Waals surface area contributed by atoms with Crippen molar-refractivity contribution in [2.75, 3.05) is 11.9 Å². The van der Waals surface area contributed by atoms with Crippen molar-refractivity contribution in [1.82, 2.24) is 9.97 Å². The summed E-state index contributed by atoms with van der Waals surface area (Å²) in [5.41, 5.74) is 2.70. The Kier molecular flexibility index (Phi) is 3.79. The van der Waals surface area contributed by atoms with Gasteiger partial charge in [0.25, 0.3) is 0 Å². The summed E-state index contributed by atoms with van der Waals surface area (Å²) in [6.07, 6.45) is 1.39. The van der Waals surface area contributed by atoms with Crippen molar-refractivity contribution >= 4 is 23.1 Å². The summed E-state index contributed by atoms with van der Waals surface area (Å²) >= 11 is 5.95. The molecule has 1 aromatic carbocycles. The number of halogens is 1. The molecule has 0 radical (unpaired) electrons. The number of aromatic nitrogens is 2. The van der Waals surface area contributed by atoms with Gasteiger partial charge in [-0.3, -0.25) is 0 Å². The van der Waals surface area contributed by atoms with Crippen LogP contribution in [-0.4, -0.2) is 22.1 Å². The van der Waals surface area contributed by atoms with Crippen LogP contribution in [-0.2, 0) is 6.61 Å². The molecule has 4 nitrogen and oxygen atoms in total. The van der Waals surface area contributed by atoms with E-state index in [2.05, 4.69) is 9.97 Å². The lowest BCUT2D eigenvalue weighted by Crippen LogP contribution is -2.14. The summed E-state index contributed by atoms with van der Waals surface area (Å²) in [7, 11) is 1.88. The zero-order chi connectivity index (χ0) is 13.1. The molecule has 5 heteroatoms. The lowest BCUT2D eigenvalue weighted by molar-refractivity contribution is 0.281. The molecule has 0 fully saturated rings. The smallest absolute Gasteiger partial charge is 0.143 e. The molecular weight excluding hydrogens is 250 g/mol. The zero-order valence-electron chi connectivity index (χ0n) is 10.3. The van der Waals surface area contributed by atoms with E-state index in [0.717, 1.165) is 5.69 Å². The van der Waals surface area contributed by atoms with Crippen LogP contribution in [0.25, 0.3) is 0 Å². The van der Waals surface area contributed by atoms with Gasteiger partial charge in [0.15, 0.2) is 0 Å². The van der Waals surface area contributed by atoms with Gasteiger partial charge in [0.2, 0.25) is 0 Å². The van der Waals surface area contributed by atoms with E-state index in [1.807, 2.05) is 43.1 Å². The predicted octanol–water partition coefficient (Wildman–Crippen LogP) is 2.70. The van der Waals surface area contributed by atoms with Crippen LogP contribution in [0.3, 0.4) is 0 Å². The SMILES string of the molecule is Cc1ccc(N(C)c2ncnc(Cl)c2CO)cc1. The number of hydrogen-bond donors (Lipinski definition) is 1. The van der Waals surface area contributed by atoms with Crippen molar-refractivity contribution < 1.29 is 5.11 Å². The molecule has 0 saturated carbocycles. The third-order valence-corrected chi connectivity index (χ3v) is 3.09. The van der Waals surface area contributed by atoms with E-state index in [0.29, 0.717) is 11.4 Å². The van der Waals surface area contributed by atoms with Crippen LogP contribution >= 0.6 is 11.6 Å². The minimum atomic E-state index is -0.189. The van der Waals surface area contributed by atoms with Crippen molar-refractivity contribution in [3.8, 4) is 0 Å². The van der Waals surface area contributed by atoms with Crippen molar-refractivity contribution in [3.63, 3.8) is 0 Å². The average molecular weight is 264 g/mol. The third kappa shape index (κ3) is 2.44. The second kappa shape index (κ2) is 5.33. The minimum Gasteiger partial charge on any atom is -0.391 e. The monoisotopic (exact) mass is 263 g/mol. The molecule has 0 bridgehead atoms. The Morgan fingerprint density at radius 3 is 2.50 bits per heavy atom. The molecule has 0 unspecified atom stereocenters. The number of aryl methyl sites for hydroxylation is 1. The lowest BCUT2D eigenvalue weighted by Gasteiger charge is -2.21. The number of benzene rings is 1. The normalized spacial score (nSPS) is 10.4. The fourth-order valence-corrected chi connectivity index (χ4v) is 1.89. The van der Waals surface area contributed by atoms with E-state index in [-0.39, 0.29) is 11.8 Å². The van der Waals surface area contributed by atoms with Crippen LogP contribution < -0.4 is 4.90 Å². The summed E-state index contributed by atoms with van der Waals surface area (Å²) in [5, 5.41) is 9.63. The first kappa shape index (κ1) is 12.8. The maximum Gasteiger partial charge on any atom is 0.143 e. The Bertz CT molecular complexity index is 542. The molecule has 0 saturated heterocycles. The molecule has 2 aromatic rings. The average Bonchev–Trinajstić information content (AvgIpc) is 2.38. The quantitative estimate of drug-likeness (QED) is 0.865. The molecule has 1 aromatic heterocycles. The Morgan fingerprint density at radius 1 is 1.22 bits per heavy atom. The molecule has 0 spiro atoms. The van der Waals surface area contributed by atoms with Gasteiger partial charge in [-0.25, -0.2) is 9.97 Å². The number of anilines is 2. The Labute approximate surface area is 111 Å². The Morgan fingerprint density at radius 2 is 1.89 bits per heavy atom. The summed E-state index contributed by atoms with van der Waals surface area (Å²) < 4.78 is 0. The van der Waals surface area contributed by atoms with Crippen molar-refractivity contribution in [1.29, 1.82) is 0 Å². The molecule has 0 aliphatic carbocycles. The minimum absolute atomic E-state index is 0.189. The first-order chi connectivity index (χ1) is 8.63. The summed E-state index contributed by atoms with van der Waals surface area (Å²) in [6.45, 7) is 1.84. The van der Waals surface area contributed by atoms with Gasteiger partial charge in [0.05, 0.1) is 12.2 Å². The summed E-state index contributed by atoms with van der Waals surface area (Å²) in [6, 6.07) is 8.03. The first-order valence-corrected chi connectivity index (χ1v) is 5.92. The molecular formula is C13H14ClN3O. The standard InChI is InChI=1S/C13H14ClN3O/c1-9-3-5-10(6-4-9)17(2)13-11(7-18)12(14)15-8-16-13/h3-6,8,18H,7H2,1-2H3. The molecule has 1 heterocycles. The number of aliphatic hydroxyl groups is 1. The van der Waals surface area contributed by atoms with Crippen LogP contribution in [0.5, 0.6) is 0 Å². The topological polar surface area (TPSA) is 49.2 Å². The van der Waals surface area contributed by atoms with Gasteiger partial charge in [-0.1, -0.05) is 29.3 Å². The highest BCUT2D eigenvalue weighted by Crippen LogP contribution is 2.28. The second-order valence-corrected chi connectivity index (χ2v) is 4.38. The van der Waals surface area contributed by atoms with E-state index in [9.17, 15) is 5.11 Å². The van der Waals surface area contributed by atoms with E-state index in [1.54, 1.807) is 0 Å². The maximum absolute atomic E-state index is 9.35. The van der Waals surface area contributed by atoms with E-state index in [4.69, 9.17) is 11.6 Å². The summed E-state index contributed by atoms with van der Waals surface area (Å²) in [4.78, 5) is 9.92. The van der Waals surface area contributed by atoms with Gasteiger partial charge in [0, 0.05) is 12.7 Å². The number of hydrogen-bond acceptors (Lipinski definition) is 4. The fraction of sp³-hybridized carbons (Fsp3) is 0.231. The van der Waals surface area contributed by atoms with Crippen LogP contribution in [0.1, 0.15) is 11.1 Å². The van der Waals surface area contributed by atoms with E-state index >= 15 is 0 Å². The predicted molar refractivity (Wildman–Crippen MR) is 72.2 cm³/mol. The van der Waals surface area contributed by atoms with Gasteiger partial charge in [-0.05, 0) is 19.1 Å². The van der Waals surface area contributed by atoms with Crippen molar-refractivity contribution in [2.45, 2.75) is 13.5 Å². The molecule has 1 N–H and O–H groups in total. The number of nitrogens with zero attached hydrogens (tertiary/aromatic N) is 3. The largest absolute Gasteiger partial charge is 0.391 e. The number of aliphatic hydroxyl groups excluding tert-OH is 1. The van der Waals surface area contributed by atoms with Gasteiger partial charge in [0.1, 0.15) is 17.3 Å². The highest BCUT2D eigenvalue weighted by Gasteiger charge is 2.14. The third-order valence-electron chi connectivity index (χ3n) is 2.77. The molecule has 18 heavy (non-hydrogen) atoms. The van der Waals surface area contributed by atoms with Crippen LogP contribution in [0, 0.1) is 6.92 Å². The second-order valence-electron chi connectivity index (χ2n) is 4.02. The van der Waals surface area contributed by atoms with Gasteiger partial charge >= 0.3 is 0 Å². The summed E-state index contributed by atoms with van der Waals surface area (Å²) in [5.74, 6) is 0.612. The van der Waals surface area contributed by atoms with Gasteiger partial charge in [-0.2, -0.15) is 0 Å². The van der Waals surface area contributed by atoms with E-state index < -0.39 is 0 Å². The Balaban J connectivity index is 2.42. The number of rotatable bonds is 3. The lowest BCUT2D eigenvalue weighted by atomic mass is 10.2. The van der Waals surface area contributed by atoms with Gasteiger partial charge < -0.3 is 10.0 Å². The van der Waals surface area contributed by atoms with Crippen molar-refractivity contribution in [2.24, 2.45) is 0 Å². The highest BCUT2D eigenvalue weighted by molar-refractivity contribution is 6.30. The van der Waals surface area contributed by atoms with Crippen LogP contribution in [0.15, 0.2) is 30.6 Å². The molecule has 2 rings (SSSR count). The highest BCUT2D eigenvalue weighted by atomic mass is 35.5. The molecule has 0 amide bonds. The zero-order valence-corrected chi connectivity index (χ0v) is 11.0. The molecule has 0 aliphatic heterocycles. The van der Waals surface area contributed by atoms with Crippen LogP contribution in [0.2, 0.25) is 5.15 Å². The maximum atomic E-state index is 9.35. The first-order valence-electron chi connectivity index (χ1n) is 5.54. The molecule has 0 atom stereocenters. The van der Waals surface area contributed by atoms with E-state index in [1.165, 1.54) is 11.9 Å². The van der Waals surface area contributed by atoms with Crippen molar-refractivity contribution in [3.05, 3.63) is 46.9 Å².